The number of carbonyl (C=O) groups excluding carboxylic acids is 1. The van der Waals surface area contributed by atoms with Crippen molar-refractivity contribution >= 4 is 31.9 Å². The van der Waals surface area contributed by atoms with Gasteiger partial charge < -0.3 is 5.32 Å². The molecule has 0 saturated heterocycles. The molecule has 0 heterocycles. The van der Waals surface area contributed by atoms with Gasteiger partial charge in [0.2, 0.25) is 10.0 Å². The van der Waals surface area contributed by atoms with Crippen LogP contribution in [0.15, 0.2) is 16.6 Å². The largest absolute Gasteiger partial charge is 0.351 e. The lowest BCUT2D eigenvalue weighted by molar-refractivity contribution is 0.0951. The maximum Gasteiger partial charge on any atom is 0.255 e. The summed E-state index contributed by atoms with van der Waals surface area (Å²) in [5.74, 6) is -1.77. The van der Waals surface area contributed by atoms with E-state index < -0.39 is 27.5 Å². The summed E-state index contributed by atoms with van der Waals surface area (Å²) in [6.07, 6.45) is 0. The maximum absolute atomic E-state index is 13.5. The van der Waals surface area contributed by atoms with Gasteiger partial charge in [0.1, 0.15) is 5.82 Å². The smallest absolute Gasteiger partial charge is 0.255 e. The summed E-state index contributed by atoms with van der Waals surface area (Å²) in [6.45, 7) is 1.54. The summed E-state index contributed by atoms with van der Waals surface area (Å²) >= 11 is 3.12. The molecule has 0 saturated carbocycles. The first-order valence-corrected chi connectivity index (χ1v) is 7.46. The van der Waals surface area contributed by atoms with Crippen molar-refractivity contribution in [3.8, 4) is 0 Å². The number of nitrogens with two attached hydrogens (primary N) is 1. The Morgan fingerprint density at radius 1 is 1.50 bits per heavy atom. The van der Waals surface area contributed by atoms with Crippen LogP contribution < -0.4 is 10.5 Å². The fourth-order valence-corrected chi connectivity index (χ4v) is 2.15. The van der Waals surface area contributed by atoms with Gasteiger partial charge in [-0.15, -0.1) is 0 Å². The number of carbonyl (C=O) groups is 1. The third kappa shape index (κ3) is 4.04. The molecule has 0 aromatic heterocycles. The summed E-state index contributed by atoms with van der Waals surface area (Å²) in [5, 5.41) is 7.08. The van der Waals surface area contributed by atoms with Crippen LogP contribution in [0.2, 0.25) is 0 Å². The third-order valence-corrected chi connectivity index (χ3v) is 3.98. The molecule has 0 aliphatic rings. The minimum atomic E-state index is -3.65. The number of rotatable bonds is 4. The molecule has 0 bridgehead atoms. The minimum Gasteiger partial charge on any atom is -0.351 e. The van der Waals surface area contributed by atoms with Crippen LogP contribution in [0.25, 0.3) is 0 Å². The Balaban J connectivity index is 2.82. The van der Waals surface area contributed by atoms with Crippen molar-refractivity contribution in [2.24, 2.45) is 5.14 Å². The number of benzene rings is 1. The van der Waals surface area contributed by atoms with Crippen LogP contribution in [0.3, 0.4) is 0 Å². The highest BCUT2D eigenvalue weighted by Gasteiger charge is 2.17. The Morgan fingerprint density at radius 2 is 2.11 bits per heavy atom. The number of amides is 1. The topological polar surface area (TPSA) is 89.3 Å². The standard InChI is InChI=1S/C10H12BrFN2O3S/c1-6-2-3-7(12)8(9(6)11)10(15)14-4-5-18(13,16)17/h2-3H,4-5H2,1H3,(H,14,15)(H2,13,16,17). The van der Waals surface area contributed by atoms with E-state index in [-0.39, 0.29) is 12.1 Å². The first-order valence-electron chi connectivity index (χ1n) is 4.95. The Labute approximate surface area is 113 Å². The predicted octanol–water partition coefficient (Wildman–Crippen LogP) is 0.915. The Hall–Kier alpha value is -0.990. The number of sulfonamides is 1. The van der Waals surface area contributed by atoms with E-state index in [4.69, 9.17) is 5.14 Å². The van der Waals surface area contributed by atoms with Crippen molar-refractivity contribution in [2.45, 2.75) is 6.92 Å². The molecule has 0 aliphatic heterocycles. The SMILES string of the molecule is Cc1ccc(F)c(C(=O)NCCS(N)(=O)=O)c1Br. The van der Waals surface area contributed by atoms with E-state index >= 15 is 0 Å². The fourth-order valence-electron chi connectivity index (χ4n) is 1.26. The lowest BCUT2D eigenvalue weighted by Gasteiger charge is -2.09. The number of nitrogens with one attached hydrogen (secondary N) is 1. The molecule has 3 N–H and O–H groups in total. The molecule has 0 radical (unpaired) electrons. The molecule has 0 unspecified atom stereocenters. The third-order valence-electron chi connectivity index (χ3n) is 2.18. The van der Waals surface area contributed by atoms with E-state index in [1.807, 2.05) is 0 Å². The lowest BCUT2D eigenvalue weighted by atomic mass is 10.1. The lowest BCUT2D eigenvalue weighted by Crippen LogP contribution is -2.32. The molecular formula is C10H12BrFN2O3S. The number of hydrogen-bond donors (Lipinski definition) is 2. The number of hydrogen-bond acceptors (Lipinski definition) is 3. The summed E-state index contributed by atoms with van der Waals surface area (Å²) in [5.41, 5.74) is 0.553. The van der Waals surface area contributed by atoms with Crippen LogP contribution in [0.4, 0.5) is 4.39 Å². The van der Waals surface area contributed by atoms with Crippen LogP contribution in [0, 0.1) is 12.7 Å². The van der Waals surface area contributed by atoms with Crippen molar-refractivity contribution in [3.05, 3.63) is 33.5 Å². The van der Waals surface area contributed by atoms with E-state index in [1.165, 1.54) is 12.1 Å². The normalized spacial score (nSPS) is 11.3. The second kappa shape index (κ2) is 5.77. The van der Waals surface area contributed by atoms with Crippen molar-refractivity contribution in [1.29, 1.82) is 0 Å². The summed E-state index contributed by atoms with van der Waals surface area (Å²) in [6, 6.07) is 2.70. The van der Waals surface area contributed by atoms with E-state index in [0.29, 0.717) is 10.0 Å². The molecule has 1 aromatic carbocycles. The van der Waals surface area contributed by atoms with Gasteiger partial charge in [0.05, 0.1) is 11.3 Å². The average molecular weight is 339 g/mol. The van der Waals surface area contributed by atoms with Crippen LogP contribution in [-0.4, -0.2) is 26.6 Å². The van der Waals surface area contributed by atoms with Crippen LogP contribution in [0.1, 0.15) is 15.9 Å². The zero-order valence-electron chi connectivity index (χ0n) is 9.54. The molecule has 0 spiro atoms. The summed E-state index contributed by atoms with van der Waals surface area (Å²) in [4.78, 5) is 11.7. The summed E-state index contributed by atoms with van der Waals surface area (Å²) in [7, 11) is -3.65. The second-order valence-corrected chi connectivity index (χ2v) is 6.20. The fraction of sp³-hybridized carbons (Fsp3) is 0.300. The van der Waals surface area contributed by atoms with Gasteiger partial charge in [0.25, 0.3) is 5.91 Å². The molecule has 0 fully saturated rings. The van der Waals surface area contributed by atoms with E-state index in [1.54, 1.807) is 6.92 Å². The Morgan fingerprint density at radius 3 is 2.67 bits per heavy atom. The van der Waals surface area contributed by atoms with Crippen LogP contribution in [-0.2, 0) is 10.0 Å². The monoisotopic (exact) mass is 338 g/mol. The number of aryl methyl sites for hydroxylation is 1. The average Bonchev–Trinajstić information content (AvgIpc) is 2.22. The van der Waals surface area contributed by atoms with Gasteiger partial charge in [-0.2, -0.15) is 0 Å². The van der Waals surface area contributed by atoms with Gasteiger partial charge >= 0.3 is 0 Å². The van der Waals surface area contributed by atoms with E-state index in [9.17, 15) is 17.6 Å². The minimum absolute atomic E-state index is 0.149. The Bertz CT molecular complexity index is 575. The van der Waals surface area contributed by atoms with Gasteiger partial charge in [-0.05, 0) is 34.5 Å². The first-order chi connectivity index (χ1) is 8.22. The molecule has 5 nitrogen and oxygen atoms in total. The number of primary sulfonamides is 1. The van der Waals surface area contributed by atoms with Crippen molar-refractivity contribution in [1.82, 2.24) is 5.32 Å². The van der Waals surface area contributed by atoms with Gasteiger partial charge in [-0.1, -0.05) is 6.07 Å². The van der Waals surface area contributed by atoms with E-state index in [0.717, 1.165) is 0 Å². The van der Waals surface area contributed by atoms with Crippen LogP contribution in [0.5, 0.6) is 0 Å². The van der Waals surface area contributed by atoms with Crippen molar-refractivity contribution in [2.75, 3.05) is 12.3 Å². The molecule has 1 rings (SSSR count). The molecule has 0 atom stereocenters. The molecule has 1 amide bonds. The molecule has 8 heteroatoms. The van der Waals surface area contributed by atoms with Crippen molar-refractivity contribution in [3.63, 3.8) is 0 Å². The van der Waals surface area contributed by atoms with Gasteiger partial charge in [0.15, 0.2) is 0 Å². The van der Waals surface area contributed by atoms with Gasteiger partial charge in [-0.3, -0.25) is 4.79 Å². The van der Waals surface area contributed by atoms with E-state index in [2.05, 4.69) is 21.2 Å². The molecular weight excluding hydrogens is 327 g/mol. The highest BCUT2D eigenvalue weighted by Crippen LogP contribution is 2.23. The highest BCUT2D eigenvalue weighted by atomic mass is 79.9. The van der Waals surface area contributed by atoms with Crippen LogP contribution >= 0.6 is 15.9 Å². The highest BCUT2D eigenvalue weighted by molar-refractivity contribution is 9.10. The maximum atomic E-state index is 13.5. The second-order valence-electron chi connectivity index (χ2n) is 3.68. The first kappa shape index (κ1) is 15.1. The molecule has 0 aliphatic carbocycles. The molecule has 18 heavy (non-hydrogen) atoms. The zero-order valence-corrected chi connectivity index (χ0v) is 11.9. The number of halogens is 2. The molecule has 1 aromatic rings. The van der Waals surface area contributed by atoms with Crippen molar-refractivity contribution < 1.29 is 17.6 Å². The van der Waals surface area contributed by atoms with Gasteiger partial charge in [-0.25, -0.2) is 17.9 Å². The molecule has 100 valence electrons. The predicted molar refractivity (Wildman–Crippen MR) is 69.1 cm³/mol. The zero-order chi connectivity index (χ0) is 13.9. The quantitative estimate of drug-likeness (QED) is 0.855. The Kier molecular flexibility index (Phi) is 4.83. The summed E-state index contributed by atoms with van der Waals surface area (Å²) < 4.78 is 35.2. The van der Waals surface area contributed by atoms with Gasteiger partial charge in [0, 0.05) is 11.0 Å².